The first-order valence-corrected chi connectivity index (χ1v) is 5.22. The molecular weight excluding hydrogens is 254 g/mol. The van der Waals surface area contributed by atoms with Crippen molar-refractivity contribution in [2.75, 3.05) is 5.32 Å². The van der Waals surface area contributed by atoms with Gasteiger partial charge in [-0.05, 0) is 12.1 Å². The Balaban J connectivity index is 2.24. The molecule has 0 aliphatic heterocycles. The summed E-state index contributed by atoms with van der Waals surface area (Å²) in [6, 6.07) is 4.34. The first kappa shape index (κ1) is 12.6. The highest BCUT2D eigenvalue weighted by molar-refractivity contribution is 5.88. The molecule has 0 amide bonds. The standard InChI is InChI=1S/C11H9N3O5/c15-11(16)7-4-9(14(17)18)10(12-5-7)13-6-8-2-1-3-19-8/h1-5H,6H2,(H,12,13)(H,15,16). The number of aromatic nitrogens is 1. The second-order valence-electron chi connectivity index (χ2n) is 3.59. The number of carboxylic acid groups (broad SMARTS) is 1. The van der Waals surface area contributed by atoms with Gasteiger partial charge in [0.25, 0.3) is 0 Å². The van der Waals surface area contributed by atoms with E-state index in [2.05, 4.69) is 10.3 Å². The van der Waals surface area contributed by atoms with E-state index >= 15 is 0 Å². The normalized spacial score (nSPS) is 10.1. The topological polar surface area (TPSA) is 118 Å². The molecule has 2 aromatic rings. The minimum Gasteiger partial charge on any atom is -0.478 e. The molecule has 0 radical (unpaired) electrons. The zero-order valence-corrected chi connectivity index (χ0v) is 9.57. The van der Waals surface area contributed by atoms with Crippen molar-refractivity contribution in [3.05, 3.63) is 52.1 Å². The van der Waals surface area contributed by atoms with Gasteiger partial charge < -0.3 is 14.8 Å². The molecule has 0 saturated heterocycles. The van der Waals surface area contributed by atoms with Crippen molar-refractivity contribution in [3.63, 3.8) is 0 Å². The van der Waals surface area contributed by atoms with Gasteiger partial charge >= 0.3 is 11.7 Å². The zero-order valence-electron chi connectivity index (χ0n) is 9.57. The molecule has 0 bridgehead atoms. The van der Waals surface area contributed by atoms with Crippen LogP contribution < -0.4 is 5.32 Å². The Morgan fingerprint density at radius 2 is 2.37 bits per heavy atom. The van der Waals surface area contributed by atoms with Gasteiger partial charge in [-0.2, -0.15) is 0 Å². The van der Waals surface area contributed by atoms with E-state index in [-0.39, 0.29) is 17.9 Å². The molecule has 98 valence electrons. The molecule has 8 heteroatoms. The van der Waals surface area contributed by atoms with Crippen LogP contribution in [0.5, 0.6) is 0 Å². The highest BCUT2D eigenvalue weighted by Crippen LogP contribution is 2.23. The summed E-state index contributed by atoms with van der Waals surface area (Å²) in [5.41, 5.74) is -0.637. The third-order valence-corrected chi connectivity index (χ3v) is 2.32. The summed E-state index contributed by atoms with van der Waals surface area (Å²) in [7, 11) is 0. The quantitative estimate of drug-likeness (QED) is 0.624. The summed E-state index contributed by atoms with van der Waals surface area (Å²) in [5, 5.41) is 22.4. The van der Waals surface area contributed by atoms with Crippen molar-refractivity contribution in [2.24, 2.45) is 0 Å². The number of nitrogens with one attached hydrogen (secondary N) is 1. The van der Waals surface area contributed by atoms with Crippen LogP contribution in [0.25, 0.3) is 0 Å². The predicted molar refractivity (Wildman–Crippen MR) is 63.9 cm³/mol. The van der Waals surface area contributed by atoms with Gasteiger partial charge in [0, 0.05) is 12.3 Å². The lowest BCUT2D eigenvalue weighted by molar-refractivity contribution is -0.384. The monoisotopic (exact) mass is 263 g/mol. The molecule has 0 aliphatic carbocycles. The van der Waals surface area contributed by atoms with E-state index in [4.69, 9.17) is 9.52 Å². The van der Waals surface area contributed by atoms with Gasteiger partial charge in [0.05, 0.1) is 23.3 Å². The van der Waals surface area contributed by atoms with Gasteiger partial charge in [-0.25, -0.2) is 9.78 Å². The van der Waals surface area contributed by atoms with Crippen molar-refractivity contribution < 1.29 is 19.2 Å². The largest absolute Gasteiger partial charge is 0.478 e. The van der Waals surface area contributed by atoms with Crippen LogP contribution in [0.15, 0.2) is 35.1 Å². The van der Waals surface area contributed by atoms with E-state index in [1.807, 2.05) is 0 Å². The number of hydrogen-bond acceptors (Lipinski definition) is 6. The van der Waals surface area contributed by atoms with Crippen LogP contribution in [-0.4, -0.2) is 21.0 Å². The number of nitro groups is 1. The molecule has 0 unspecified atom stereocenters. The summed E-state index contributed by atoms with van der Waals surface area (Å²) < 4.78 is 5.06. The maximum Gasteiger partial charge on any atom is 0.337 e. The Hall–Kier alpha value is -2.90. The zero-order chi connectivity index (χ0) is 13.8. The molecule has 2 heterocycles. The maximum absolute atomic E-state index is 10.9. The van der Waals surface area contributed by atoms with Crippen LogP contribution in [0.2, 0.25) is 0 Å². The summed E-state index contributed by atoms with van der Waals surface area (Å²) in [5.74, 6) is -0.696. The van der Waals surface area contributed by atoms with Crippen molar-refractivity contribution in [3.8, 4) is 0 Å². The van der Waals surface area contributed by atoms with E-state index in [0.717, 1.165) is 12.3 Å². The Morgan fingerprint density at radius 1 is 1.58 bits per heavy atom. The third kappa shape index (κ3) is 2.86. The van der Waals surface area contributed by atoms with E-state index < -0.39 is 16.6 Å². The molecule has 2 N–H and O–H groups in total. The Morgan fingerprint density at radius 3 is 2.95 bits per heavy atom. The van der Waals surface area contributed by atoms with Gasteiger partial charge in [-0.1, -0.05) is 0 Å². The van der Waals surface area contributed by atoms with Crippen LogP contribution in [0.4, 0.5) is 11.5 Å². The number of nitrogens with zero attached hydrogens (tertiary/aromatic N) is 2. The molecule has 8 nitrogen and oxygen atoms in total. The first-order valence-electron chi connectivity index (χ1n) is 5.22. The summed E-state index contributed by atoms with van der Waals surface area (Å²) in [4.78, 5) is 24.7. The fraction of sp³-hybridized carbons (Fsp3) is 0.0909. The van der Waals surface area contributed by atoms with Gasteiger partial charge in [0.2, 0.25) is 5.82 Å². The van der Waals surface area contributed by atoms with E-state index in [1.54, 1.807) is 12.1 Å². The Labute approximate surface area is 106 Å². The van der Waals surface area contributed by atoms with Crippen LogP contribution >= 0.6 is 0 Å². The molecule has 0 saturated carbocycles. The second-order valence-corrected chi connectivity index (χ2v) is 3.59. The van der Waals surface area contributed by atoms with Gasteiger partial charge in [-0.15, -0.1) is 0 Å². The maximum atomic E-state index is 10.9. The van der Waals surface area contributed by atoms with Crippen LogP contribution in [0, 0.1) is 10.1 Å². The summed E-state index contributed by atoms with van der Waals surface area (Å²) in [6.07, 6.45) is 2.53. The summed E-state index contributed by atoms with van der Waals surface area (Å²) >= 11 is 0. The molecule has 0 aliphatic rings. The highest BCUT2D eigenvalue weighted by Gasteiger charge is 2.18. The molecule has 0 atom stereocenters. The first-order chi connectivity index (χ1) is 9.08. The lowest BCUT2D eigenvalue weighted by atomic mass is 10.2. The van der Waals surface area contributed by atoms with Gasteiger partial charge in [0.15, 0.2) is 0 Å². The number of carbonyl (C=O) groups is 1. The second kappa shape index (κ2) is 5.17. The fourth-order valence-corrected chi connectivity index (χ4v) is 1.43. The molecule has 2 aromatic heterocycles. The third-order valence-electron chi connectivity index (χ3n) is 2.32. The molecule has 0 spiro atoms. The number of pyridine rings is 1. The van der Waals surface area contributed by atoms with Crippen molar-refractivity contribution in [2.45, 2.75) is 6.54 Å². The average molecular weight is 263 g/mol. The summed E-state index contributed by atoms with van der Waals surface area (Å²) in [6.45, 7) is 0.216. The molecule has 0 fully saturated rings. The van der Waals surface area contributed by atoms with Gasteiger partial charge in [0.1, 0.15) is 5.76 Å². The lowest BCUT2D eigenvalue weighted by Crippen LogP contribution is -2.06. The molecule has 19 heavy (non-hydrogen) atoms. The molecule has 2 rings (SSSR count). The SMILES string of the molecule is O=C(O)c1cnc(NCc2ccco2)c([N+](=O)[O-])c1. The van der Waals surface area contributed by atoms with Crippen molar-refractivity contribution in [1.82, 2.24) is 4.98 Å². The number of aromatic carboxylic acids is 1. The Bertz CT molecular complexity index is 609. The lowest BCUT2D eigenvalue weighted by Gasteiger charge is -2.05. The number of rotatable bonds is 5. The number of anilines is 1. The van der Waals surface area contributed by atoms with E-state index in [0.29, 0.717) is 5.76 Å². The fourth-order valence-electron chi connectivity index (χ4n) is 1.43. The van der Waals surface area contributed by atoms with Crippen LogP contribution in [-0.2, 0) is 6.54 Å². The van der Waals surface area contributed by atoms with Crippen molar-refractivity contribution >= 4 is 17.5 Å². The minimum absolute atomic E-state index is 0.00796. The average Bonchev–Trinajstić information content (AvgIpc) is 2.89. The number of furan rings is 1. The highest BCUT2D eigenvalue weighted by atomic mass is 16.6. The molecular formula is C11H9N3O5. The predicted octanol–water partition coefficient (Wildman–Crippen LogP) is 1.89. The number of carboxylic acids is 1. The van der Waals surface area contributed by atoms with Crippen LogP contribution in [0.3, 0.4) is 0 Å². The smallest absolute Gasteiger partial charge is 0.337 e. The number of hydrogen-bond donors (Lipinski definition) is 2. The molecule has 0 aromatic carbocycles. The van der Waals surface area contributed by atoms with E-state index in [1.165, 1.54) is 6.26 Å². The minimum atomic E-state index is -1.27. The Kier molecular flexibility index (Phi) is 3.42. The van der Waals surface area contributed by atoms with Crippen molar-refractivity contribution in [1.29, 1.82) is 0 Å². The van der Waals surface area contributed by atoms with E-state index in [9.17, 15) is 14.9 Å². The van der Waals surface area contributed by atoms with Gasteiger partial charge in [-0.3, -0.25) is 10.1 Å². The van der Waals surface area contributed by atoms with Crippen LogP contribution in [0.1, 0.15) is 16.1 Å².